The maximum absolute atomic E-state index is 11.9. The van der Waals surface area contributed by atoms with E-state index in [9.17, 15) is 19.8 Å². The van der Waals surface area contributed by atoms with Gasteiger partial charge in [0.15, 0.2) is 12.1 Å². The zero-order valence-electron chi connectivity index (χ0n) is 11.5. The number of carbonyl (C=O) groups excluding carboxylic acids is 2. The number of rotatable bonds is 4. The third-order valence-corrected chi connectivity index (χ3v) is 3.14. The molecule has 1 heterocycles. The molecule has 1 aromatic carbocycles. The van der Waals surface area contributed by atoms with Gasteiger partial charge in [0.05, 0.1) is 0 Å². The van der Waals surface area contributed by atoms with Gasteiger partial charge < -0.3 is 14.9 Å². The van der Waals surface area contributed by atoms with Crippen LogP contribution >= 0.6 is 0 Å². The Morgan fingerprint density at radius 2 is 2.10 bits per heavy atom. The Labute approximate surface area is 121 Å². The first-order valence-electron chi connectivity index (χ1n) is 6.53. The van der Waals surface area contributed by atoms with Crippen molar-refractivity contribution in [2.45, 2.75) is 31.8 Å². The minimum atomic E-state index is -1.59. The molecule has 1 saturated heterocycles. The lowest BCUT2D eigenvalue weighted by Crippen LogP contribution is -2.57. The van der Waals surface area contributed by atoms with Crippen LogP contribution in [0.15, 0.2) is 30.3 Å². The van der Waals surface area contributed by atoms with Gasteiger partial charge in [0.25, 0.3) is 5.91 Å². The van der Waals surface area contributed by atoms with Gasteiger partial charge in [-0.15, -0.1) is 0 Å². The van der Waals surface area contributed by atoms with Crippen molar-refractivity contribution >= 4 is 11.9 Å². The molecular weight excluding hydrogens is 278 g/mol. The van der Waals surface area contributed by atoms with Crippen molar-refractivity contribution in [3.63, 3.8) is 0 Å². The van der Waals surface area contributed by atoms with E-state index < -0.39 is 30.1 Å². The maximum Gasteiger partial charge on any atom is 0.331 e. The van der Waals surface area contributed by atoms with Crippen molar-refractivity contribution in [2.75, 3.05) is 6.61 Å². The van der Waals surface area contributed by atoms with Crippen molar-refractivity contribution in [3.05, 3.63) is 35.9 Å². The molecule has 0 radical (unpaired) electrons. The summed E-state index contributed by atoms with van der Waals surface area (Å²) in [4.78, 5) is 28.6. The summed E-state index contributed by atoms with van der Waals surface area (Å²) in [7, 11) is 0. The lowest BCUT2D eigenvalue weighted by molar-refractivity contribution is -0.247. The topological polar surface area (TPSA) is 96.3 Å². The van der Waals surface area contributed by atoms with E-state index in [1.54, 1.807) is 12.1 Å². The van der Waals surface area contributed by atoms with E-state index in [1.807, 2.05) is 18.2 Å². The van der Waals surface area contributed by atoms with Gasteiger partial charge in [0, 0.05) is 0 Å². The fourth-order valence-corrected chi connectivity index (χ4v) is 1.85. The molecule has 3 atom stereocenters. The molecule has 2 N–H and O–H groups in total. The molecule has 1 amide bonds. The third-order valence-electron chi connectivity index (χ3n) is 3.14. The number of ether oxygens (including phenoxy) is 1. The average Bonchev–Trinajstić information content (AvgIpc) is 2.51. The lowest BCUT2D eigenvalue weighted by Gasteiger charge is -2.34. The molecule has 21 heavy (non-hydrogen) atoms. The summed E-state index contributed by atoms with van der Waals surface area (Å²) >= 11 is 0. The second-order valence-electron chi connectivity index (χ2n) is 4.74. The fourth-order valence-electron chi connectivity index (χ4n) is 1.85. The monoisotopic (exact) mass is 295 g/mol. The summed E-state index contributed by atoms with van der Waals surface area (Å²) in [5.41, 5.74) is 0.819. The zero-order valence-corrected chi connectivity index (χ0v) is 11.5. The first kappa shape index (κ1) is 15.4. The van der Waals surface area contributed by atoms with E-state index in [-0.39, 0.29) is 13.2 Å². The molecule has 1 fully saturated rings. The Bertz CT molecular complexity index is 505. The van der Waals surface area contributed by atoms with Gasteiger partial charge in [-0.05, 0) is 12.5 Å². The number of aliphatic hydroxyl groups is 2. The van der Waals surface area contributed by atoms with E-state index in [1.165, 1.54) is 6.92 Å². The van der Waals surface area contributed by atoms with E-state index in [4.69, 9.17) is 9.57 Å². The van der Waals surface area contributed by atoms with Gasteiger partial charge >= 0.3 is 5.97 Å². The van der Waals surface area contributed by atoms with Crippen LogP contribution in [0.3, 0.4) is 0 Å². The summed E-state index contributed by atoms with van der Waals surface area (Å²) in [6.45, 7) is 1.25. The van der Waals surface area contributed by atoms with E-state index >= 15 is 0 Å². The average molecular weight is 295 g/mol. The van der Waals surface area contributed by atoms with Gasteiger partial charge in [0.1, 0.15) is 19.3 Å². The molecule has 2 rings (SSSR count). The summed E-state index contributed by atoms with van der Waals surface area (Å²) in [5.74, 6) is -1.52. The molecular formula is C14H17NO6. The number of esters is 1. The minimum absolute atomic E-state index is 0.0806. The number of amides is 1. The molecule has 0 aromatic heterocycles. The van der Waals surface area contributed by atoms with E-state index in [2.05, 4.69) is 0 Å². The predicted molar refractivity (Wildman–Crippen MR) is 70.5 cm³/mol. The van der Waals surface area contributed by atoms with Crippen LogP contribution in [-0.2, 0) is 25.8 Å². The van der Waals surface area contributed by atoms with Crippen LogP contribution in [0.2, 0.25) is 0 Å². The molecule has 3 unspecified atom stereocenters. The van der Waals surface area contributed by atoms with Crippen LogP contribution in [-0.4, -0.2) is 52.0 Å². The highest BCUT2D eigenvalue weighted by molar-refractivity contribution is 5.86. The molecule has 7 heteroatoms. The summed E-state index contributed by atoms with van der Waals surface area (Å²) in [6, 6.07) is 8.09. The first-order chi connectivity index (χ1) is 10.0. The highest BCUT2D eigenvalue weighted by atomic mass is 16.7. The molecule has 114 valence electrons. The van der Waals surface area contributed by atoms with Gasteiger partial charge in [-0.25, -0.2) is 9.86 Å². The summed E-state index contributed by atoms with van der Waals surface area (Å²) < 4.78 is 5.10. The largest absolute Gasteiger partial charge is 0.459 e. The number of hydroxylamine groups is 2. The Balaban J connectivity index is 1.91. The second-order valence-corrected chi connectivity index (χ2v) is 4.74. The Morgan fingerprint density at radius 3 is 2.76 bits per heavy atom. The molecule has 0 bridgehead atoms. The van der Waals surface area contributed by atoms with Crippen molar-refractivity contribution in [2.24, 2.45) is 0 Å². The predicted octanol–water partition coefficient (Wildman–Crippen LogP) is -0.386. The van der Waals surface area contributed by atoms with Crippen molar-refractivity contribution in [1.29, 1.82) is 0 Å². The van der Waals surface area contributed by atoms with Crippen molar-refractivity contribution < 1.29 is 29.4 Å². The van der Waals surface area contributed by atoms with Gasteiger partial charge in [-0.3, -0.25) is 9.63 Å². The number of hydrogen-bond donors (Lipinski definition) is 2. The smallest absolute Gasteiger partial charge is 0.331 e. The van der Waals surface area contributed by atoms with Gasteiger partial charge in [0.2, 0.25) is 0 Å². The Kier molecular flexibility index (Phi) is 4.89. The molecule has 0 saturated carbocycles. The van der Waals surface area contributed by atoms with E-state index in [0.717, 1.165) is 10.6 Å². The van der Waals surface area contributed by atoms with E-state index in [0.29, 0.717) is 0 Å². The van der Waals surface area contributed by atoms with Crippen LogP contribution < -0.4 is 0 Å². The number of hydrogen-bond acceptors (Lipinski definition) is 6. The normalized spacial score (nSPS) is 23.8. The highest BCUT2D eigenvalue weighted by Gasteiger charge is 2.40. The summed E-state index contributed by atoms with van der Waals surface area (Å²) in [6.07, 6.45) is -2.88. The molecule has 1 aliphatic rings. The molecule has 1 aromatic rings. The highest BCUT2D eigenvalue weighted by Crippen LogP contribution is 2.14. The van der Waals surface area contributed by atoms with Crippen LogP contribution in [0.25, 0.3) is 0 Å². The van der Waals surface area contributed by atoms with Crippen LogP contribution in [0.1, 0.15) is 12.5 Å². The van der Waals surface area contributed by atoms with Crippen molar-refractivity contribution in [3.8, 4) is 0 Å². The molecule has 7 nitrogen and oxygen atoms in total. The Morgan fingerprint density at radius 1 is 1.43 bits per heavy atom. The van der Waals surface area contributed by atoms with Gasteiger partial charge in [-0.2, -0.15) is 0 Å². The lowest BCUT2D eigenvalue weighted by atomic mass is 10.1. The minimum Gasteiger partial charge on any atom is -0.459 e. The SMILES string of the molecule is CC(C(=O)OCc1ccccc1)N1OCC(O)C(O)C1=O. The number of benzene rings is 1. The van der Waals surface area contributed by atoms with Crippen LogP contribution in [0.4, 0.5) is 0 Å². The second kappa shape index (κ2) is 6.66. The third kappa shape index (κ3) is 3.57. The maximum atomic E-state index is 11.9. The first-order valence-corrected chi connectivity index (χ1v) is 6.53. The van der Waals surface area contributed by atoms with Crippen LogP contribution in [0.5, 0.6) is 0 Å². The molecule has 0 aliphatic carbocycles. The quantitative estimate of drug-likeness (QED) is 0.735. The standard InChI is InChI=1S/C14H17NO6/c1-9(15-13(18)12(17)11(16)8-21-15)14(19)20-7-10-5-3-2-4-6-10/h2-6,9,11-12,16-17H,7-8H2,1H3. The van der Waals surface area contributed by atoms with Crippen molar-refractivity contribution in [1.82, 2.24) is 5.06 Å². The summed E-state index contributed by atoms with van der Waals surface area (Å²) in [5, 5.41) is 19.5. The fraction of sp³-hybridized carbons (Fsp3) is 0.429. The zero-order chi connectivity index (χ0) is 15.4. The Hall–Kier alpha value is -1.96. The number of aliphatic hydroxyl groups excluding tert-OH is 2. The molecule has 1 aliphatic heterocycles. The molecule has 0 spiro atoms. The van der Waals surface area contributed by atoms with Gasteiger partial charge in [-0.1, -0.05) is 30.3 Å². The van der Waals surface area contributed by atoms with Crippen LogP contribution in [0, 0.1) is 0 Å². The number of carbonyl (C=O) groups is 2. The number of nitrogens with zero attached hydrogens (tertiary/aromatic N) is 1.